The van der Waals surface area contributed by atoms with Gasteiger partial charge in [-0.2, -0.15) is 0 Å². The van der Waals surface area contributed by atoms with Crippen LogP contribution < -0.4 is 10.5 Å². The van der Waals surface area contributed by atoms with Crippen LogP contribution in [0.5, 0.6) is 0 Å². The fourth-order valence-corrected chi connectivity index (χ4v) is 3.77. The van der Waals surface area contributed by atoms with Gasteiger partial charge >= 0.3 is 5.63 Å². The Labute approximate surface area is 152 Å². The molecule has 1 aromatic carbocycles. The standard InChI is InChI=1S/C21H23N3O2/c1-4-15-10-14(3)11-17-18(15)21(25)26-20(23-17)16-6-5-8-22-19(16)24-9-7-13(2)12-24/h5-6,8,10-11,13H,4,7,9,12H2,1-3H3/t13-/m0/s1. The zero-order valence-corrected chi connectivity index (χ0v) is 15.5. The van der Waals surface area contributed by atoms with E-state index in [1.54, 1.807) is 6.20 Å². The molecule has 134 valence electrons. The Balaban J connectivity index is 1.90. The second-order valence-corrected chi connectivity index (χ2v) is 7.19. The first-order chi connectivity index (χ1) is 12.6. The minimum Gasteiger partial charge on any atom is -0.403 e. The van der Waals surface area contributed by atoms with Crippen molar-refractivity contribution in [3.63, 3.8) is 0 Å². The predicted molar refractivity (Wildman–Crippen MR) is 104 cm³/mol. The smallest absolute Gasteiger partial charge is 0.347 e. The van der Waals surface area contributed by atoms with Gasteiger partial charge in [-0.1, -0.05) is 19.9 Å². The molecule has 0 aliphatic carbocycles. The lowest BCUT2D eigenvalue weighted by molar-refractivity contribution is 0.517. The lowest BCUT2D eigenvalue weighted by atomic mass is 10.0. The molecule has 0 amide bonds. The van der Waals surface area contributed by atoms with Crippen molar-refractivity contribution in [1.82, 2.24) is 9.97 Å². The van der Waals surface area contributed by atoms with Crippen LogP contribution in [-0.4, -0.2) is 23.1 Å². The fraction of sp³-hybridized carbons (Fsp3) is 0.381. The van der Waals surface area contributed by atoms with Crippen LogP contribution >= 0.6 is 0 Å². The minimum atomic E-state index is -0.327. The van der Waals surface area contributed by atoms with Gasteiger partial charge in [0.15, 0.2) is 0 Å². The average molecular weight is 349 g/mol. The highest BCUT2D eigenvalue weighted by Crippen LogP contribution is 2.31. The Kier molecular flexibility index (Phi) is 4.23. The second-order valence-electron chi connectivity index (χ2n) is 7.19. The summed E-state index contributed by atoms with van der Waals surface area (Å²) in [6.07, 6.45) is 3.69. The molecular formula is C21H23N3O2. The summed E-state index contributed by atoms with van der Waals surface area (Å²) < 4.78 is 5.65. The highest BCUT2D eigenvalue weighted by molar-refractivity contribution is 5.84. The molecule has 1 aliphatic rings. The van der Waals surface area contributed by atoms with Crippen molar-refractivity contribution < 1.29 is 4.42 Å². The van der Waals surface area contributed by atoms with Crippen molar-refractivity contribution in [3.05, 3.63) is 52.0 Å². The minimum absolute atomic E-state index is 0.327. The van der Waals surface area contributed by atoms with E-state index in [4.69, 9.17) is 9.40 Å². The predicted octanol–water partition coefficient (Wildman–Crippen LogP) is 3.97. The van der Waals surface area contributed by atoms with E-state index in [0.29, 0.717) is 22.7 Å². The fourth-order valence-electron chi connectivity index (χ4n) is 3.77. The molecule has 5 nitrogen and oxygen atoms in total. The first kappa shape index (κ1) is 16.8. The molecule has 1 saturated heterocycles. The zero-order chi connectivity index (χ0) is 18.3. The Hall–Kier alpha value is -2.69. The van der Waals surface area contributed by atoms with Gasteiger partial charge in [-0.25, -0.2) is 14.8 Å². The van der Waals surface area contributed by atoms with Gasteiger partial charge in [0.05, 0.1) is 16.5 Å². The summed E-state index contributed by atoms with van der Waals surface area (Å²) in [6.45, 7) is 8.22. The van der Waals surface area contributed by atoms with Crippen molar-refractivity contribution >= 4 is 16.7 Å². The van der Waals surface area contributed by atoms with E-state index in [0.717, 1.165) is 48.4 Å². The van der Waals surface area contributed by atoms with E-state index in [9.17, 15) is 4.79 Å². The average Bonchev–Trinajstić information content (AvgIpc) is 3.06. The molecule has 1 fully saturated rings. The maximum atomic E-state index is 12.7. The van der Waals surface area contributed by atoms with E-state index < -0.39 is 0 Å². The van der Waals surface area contributed by atoms with Gasteiger partial charge in [-0.15, -0.1) is 0 Å². The van der Waals surface area contributed by atoms with Gasteiger partial charge in [-0.3, -0.25) is 0 Å². The number of nitrogens with zero attached hydrogens (tertiary/aromatic N) is 3. The number of hydrogen-bond donors (Lipinski definition) is 0. The summed E-state index contributed by atoms with van der Waals surface area (Å²) in [7, 11) is 0. The van der Waals surface area contributed by atoms with Crippen molar-refractivity contribution in [2.24, 2.45) is 5.92 Å². The van der Waals surface area contributed by atoms with E-state index in [1.807, 2.05) is 38.1 Å². The van der Waals surface area contributed by atoms with E-state index in [-0.39, 0.29) is 5.63 Å². The van der Waals surface area contributed by atoms with Gasteiger partial charge in [0.2, 0.25) is 5.89 Å². The Bertz CT molecular complexity index is 1030. The third kappa shape index (κ3) is 2.87. The normalized spacial score (nSPS) is 17.2. The molecular weight excluding hydrogens is 326 g/mol. The topological polar surface area (TPSA) is 59.2 Å². The number of benzene rings is 1. The van der Waals surface area contributed by atoms with Gasteiger partial charge in [0, 0.05) is 19.3 Å². The second kappa shape index (κ2) is 6.56. The van der Waals surface area contributed by atoms with E-state index >= 15 is 0 Å². The number of rotatable bonds is 3. The largest absolute Gasteiger partial charge is 0.403 e. The molecule has 0 radical (unpaired) electrons. The SMILES string of the molecule is CCc1cc(C)cc2nc(-c3cccnc3N3CC[C@H](C)C3)oc(=O)c12. The first-order valence-corrected chi connectivity index (χ1v) is 9.21. The van der Waals surface area contributed by atoms with E-state index in [2.05, 4.69) is 16.8 Å². The lowest BCUT2D eigenvalue weighted by Gasteiger charge is -2.19. The van der Waals surface area contributed by atoms with Crippen molar-refractivity contribution in [3.8, 4) is 11.5 Å². The molecule has 1 aliphatic heterocycles. The quantitative estimate of drug-likeness (QED) is 0.716. The number of anilines is 1. The molecule has 0 N–H and O–H groups in total. The number of fused-ring (bicyclic) bond motifs is 1. The number of hydrogen-bond acceptors (Lipinski definition) is 5. The zero-order valence-electron chi connectivity index (χ0n) is 15.5. The number of aromatic nitrogens is 2. The monoisotopic (exact) mass is 349 g/mol. The molecule has 0 spiro atoms. The lowest BCUT2D eigenvalue weighted by Crippen LogP contribution is -2.21. The molecule has 3 aromatic rings. The van der Waals surface area contributed by atoms with Crippen LogP contribution in [0.3, 0.4) is 0 Å². The van der Waals surface area contributed by atoms with Crippen LogP contribution in [0.1, 0.15) is 31.4 Å². The van der Waals surface area contributed by atoms with Gasteiger partial charge in [0.25, 0.3) is 0 Å². The molecule has 0 bridgehead atoms. The van der Waals surface area contributed by atoms with Gasteiger partial charge in [-0.05, 0) is 55.0 Å². The Morgan fingerprint density at radius 1 is 1.35 bits per heavy atom. The third-order valence-electron chi connectivity index (χ3n) is 5.08. The summed E-state index contributed by atoms with van der Waals surface area (Å²) in [5, 5.41) is 0.585. The summed E-state index contributed by atoms with van der Waals surface area (Å²) in [5.74, 6) is 1.82. The van der Waals surface area contributed by atoms with Gasteiger partial charge in [0.1, 0.15) is 5.82 Å². The maximum Gasteiger partial charge on any atom is 0.347 e. The molecule has 3 heterocycles. The molecule has 0 saturated carbocycles. The molecule has 1 atom stereocenters. The first-order valence-electron chi connectivity index (χ1n) is 9.21. The van der Waals surface area contributed by atoms with Crippen LogP contribution in [-0.2, 0) is 6.42 Å². The van der Waals surface area contributed by atoms with Crippen molar-refractivity contribution in [1.29, 1.82) is 0 Å². The maximum absolute atomic E-state index is 12.7. The highest BCUT2D eigenvalue weighted by Gasteiger charge is 2.24. The Morgan fingerprint density at radius 3 is 2.92 bits per heavy atom. The molecule has 4 rings (SSSR count). The molecule has 26 heavy (non-hydrogen) atoms. The van der Waals surface area contributed by atoms with Crippen molar-refractivity contribution in [2.45, 2.75) is 33.6 Å². The summed E-state index contributed by atoms with van der Waals surface area (Å²) >= 11 is 0. The van der Waals surface area contributed by atoms with Crippen molar-refractivity contribution in [2.75, 3.05) is 18.0 Å². The highest BCUT2D eigenvalue weighted by atomic mass is 16.4. The van der Waals surface area contributed by atoms with Crippen LogP contribution in [0.4, 0.5) is 5.82 Å². The summed E-state index contributed by atoms with van der Waals surface area (Å²) in [5.41, 5.74) is 3.22. The van der Waals surface area contributed by atoms with E-state index in [1.165, 1.54) is 0 Å². The molecule has 2 aromatic heterocycles. The number of pyridine rings is 1. The van der Waals surface area contributed by atoms with Crippen LogP contribution in [0, 0.1) is 12.8 Å². The third-order valence-corrected chi connectivity index (χ3v) is 5.08. The molecule has 0 unspecified atom stereocenters. The summed E-state index contributed by atoms with van der Waals surface area (Å²) in [4.78, 5) is 24.2. The number of aryl methyl sites for hydroxylation is 2. The van der Waals surface area contributed by atoms with Crippen LogP contribution in [0.2, 0.25) is 0 Å². The summed E-state index contributed by atoms with van der Waals surface area (Å²) in [6, 6.07) is 7.77. The van der Waals surface area contributed by atoms with Crippen LogP contribution in [0.25, 0.3) is 22.4 Å². The van der Waals surface area contributed by atoms with Crippen LogP contribution in [0.15, 0.2) is 39.7 Å². The molecule has 5 heteroatoms. The Morgan fingerprint density at radius 2 is 2.19 bits per heavy atom. The van der Waals surface area contributed by atoms with Gasteiger partial charge < -0.3 is 9.32 Å².